The van der Waals surface area contributed by atoms with Crippen LogP contribution < -0.4 is 0 Å². The van der Waals surface area contributed by atoms with Gasteiger partial charge in [-0.2, -0.15) is 5.10 Å². The van der Waals surface area contributed by atoms with Crippen molar-refractivity contribution in [3.8, 4) is 0 Å². The first-order chi connectivity index (χ1) is 8.63. The van der Waals surface area contributed by atoms with E-state index in [1.54, 1.807) is 0 Å². The molecule has 0 spiro atoms. The van der Waals surface area contributed by atoms with Gasteiger partial charge in [-0.15, -0.1) is 0 Å². The summed E-state index contributed by atoms with van der Waals surface area (Å²) in [6.07, 6.45) is 5.03. The van der Waals surface area contributed by atoms with Crippen LogP contribution in [0, 0.1) is 6.92 Å². The molecule has 18 heavy (non-hydrogen) atoms. The van der Waals surface area contributed by atoms with Crippen LogP contribution in [0.4, 0.5) is 0 Å². The summed E-state index contributed by atoms with van der Waals surface area (Å²) in [5, 5.41) is 4.25. The molecule has 5 nitrogen and oxygen atoms in total. The minimum atomic E-state index is -0.115. The second-order valence-electron chi connectivity index (χ2n) is 4.88. The topological polar surface area (TPSA) is 47.4 Å². The number of rotatable bonds is 3. The van der Waals surface area contributed by atoms with Crippen molar-refractivity contribution < 1.29 is 9.53 Å². The molecule has 1 aliphatic heterocycles. The van der Waals surface area contributed by atoms with Gasteiger partial charge >= 0.3 is 5.97 Å². The SMILES string of the molecule is COC(=O)[C@@H]1CCCCN1Cc1cnn(C)c1C. The van der Waals surface area contributed by atoms with Gasteiger partial charge in [0, 0.05) is 24.8 Å². The zero-order valence-corrected chi connectivity index (χ0v) is 11.3. The highest BCUT2D eigenvalue weighted by atomic mass is 16.5. The van der Waals surface area contributed by atoms with Gasteiger partial charge in [0.1, 0.15) is 6.04 Å². The van der Waals surface area contributed by atoms with Crippen molar-refractivity contribution >= 4 is 5.97 Å². The Morgan fingerprint density at radius 1 is 1.56 bits per heavy atom. The number of esters is 1. The minimum Gasteiger partial charge on any atom is -0.468 e. The highest BCUT2D eigenvalue weighted by molar-refractivity contribution is 5.75. The van der Waals surface area contributed by atoms with Crippen LogP contribution in [0.1, 0.15) is 30.5 Å². The Hall–Kier alpha value is -1.36. The summed E-state index contributed by atoms with van der Waals surface area (Å²) in [7, 11) is 3.40. The molecule has 2 rings (SSSR count). The Morgan fingerprint density at radius 2 is 2.33 bits per heavy atom. The molecule has 1 aliphatic rings. The molecule has 0 unspecified atom stereocenters. The second-order valence-corrected chi connectivity index (χ2v) is 4.88. The summed E-state index contributed by atoms with van der Waals surface area (Å²) in [6, 6.07) is -0.0941. The van der Waals surface area contributed by atoms with E-state index in [2.05, 4.69) is 16.9 Å². The molecular weight excluding hydrogens is 230 g/mol. The molecule has 0 aromatic carbocycles. The van der Waals surface area contributed by atoms with Crippen LogP contribution in [0.25, 0.3) is 0 Å². The predicted molar refractivity (Wildman–Crippen MR) is 68.0 cm³/mol. The first-order valence-corrected chi connectivity index (χ1v) is 6.43. The maximum Gasteiger partial charge on any atom is 0.323 e. The number of aromatic nitrogens is 2. The average Bonchev–Trinajstić information content (AvgIpc) is 2.70. The van der Waals surface area contributed by atoms with Gasteiger partial charge in [-0.3, -0.25) is 14.4 Å². The van der Waals surface area contributed by atoms with Crippen LogP contribution in [0.5, 0.6) is 0 Å². The summed E-state index contributed by atoms with van der Waals surface area (Å²) >= 11 is 0. The van der Waals surface area contributed by atoms with E-state index < -0.39 is 0 Å². The van der Waals surface area contributed by atoms with E-state index in [0.29, 0.717) is 0 Å². The van der Waals surface area contributed by atoms with Gasteiger partial charge in [0.25, 0.3) is 0 Å². The Bertz CT molecular complexity index is 428. The number of carbonyl (C=O) groups excluding carboxylic acids is 1. The molecule has 1 aromatic heterocycles. The first kappa shape index (κ1) is 13.1. The largest absolute Gasteiger partial charge is 0.468 e. The monoisotopic (exact) mass is 251 g/mol. The molecule has 1 aromatic rings. The van der Waals surface area contributed by atoms with E-state index in [1.807, 2.05) is 17.9 Å². The molecule has 1 saturated heterocycles. The van der Waals surface area contributed by atoms with Crippen molar-refractivity contribution in [2.75, 3.05) is 13.7 Å². The van der Waals surface area contributed by atoms with E-state index in [1.165, 1.54) is 12.7 Å². The molecule has 1 fully saturated rings. The standard InChI is InChI=1S/C13H21N3O2/c1-10-11(8-14-15(10)2)9-16-7-5-4-6-12(16)13(17)18-3/h8,12H,4-7,9H2,1-3H3/t12-/m0/s1. The van der Waals surface area contributed by atoms with Gasteiger partial charge in [0.05, 0.1) is 13.3 Å². The Balaban J connectivity index is 2.10. The highest BCUT2D eigenvalue weighted by Gasteiger charge is 2.29. The lowest BCUT2D eigenvalue weighted by Gasteiger charge is -2.33. The second kappa shape index (κ2) is 5.52. The molecule has 0 N–H and O–H groups in total. The molecule has 0 aliphatic carbocycles. The molecule has 0 bridgehead atoms. The first-order valence-electron chi connectivity index (χ1n) is 6.43. The van der Waals surface area contributed by atoms with E-state index >= 15 is 0 Å². The summed E-state index contributed by atoms with van der Waals surface area (Å²) in [6.45, 7) is 3.78. The van der Waals surface area contributed by atoms with E-state index in [9.17, 15) is 4.79 Å². The quantitative estimate of drug-likeness (QED) is 0.759. The van der Waals surface area contributed by atoms with Crippen LogP contribution in [-0.2, 0) is 23.1 Å². The van der Waals surface area contributed by atoms with Gasteiger partial charge in [-0.05, 0) is 26.3 Å². The predicted octanol–water partition coefficient (Wildman–Crippen LogP) is 1.26. The minimum absolute atomic E-state index is 0.0941. The van der Waals surface area contributed by atoms with Crippen molar-refractivity contribution in [2.24, 2.45) is 7.05 Å². The summed E-state index contributed by atoms with van der Waals surface area (Å²) in [4.78, 5) is 14.0. The maximum atomic E-state index is 11.8. The fourth-order valence-electron chi connectivity index (χ4n) is 2.50. The summed E-state index contributed by atoms with van der Waals surface area (Å²) in [5.74, 6) is -0.115. The number of piperidine rings is 1. The highest BCUT2D eigenvalue weighted by Crippen LogP contribution is 2.21. The van der Waals surface area contributed by atoms with Crippen molar-refractivity contribution in [3.05, 3.63) is 17.5 Å². The number of aryl methyl sites for hydroxylation is 1. The normalized spacial score (nSPS) is 20.9. The zero-order valence-electron chi connectivity index (χ0n) is 11.3. The molecule has 0 amide bonds. The van der Waals surface area contributed by atoms with Crippen LogP contribution >= 0.6 is 0 Å². The van der Waals surface area contributed by atoms with Gasteiger partial charge in [0.15, 0.2) is 0 Å². The number of ether oxygens (including phenoxy) is 1. The number of likely N-dealkylation sites (tertiary alicyclic amines) is 1. The van der Waals surface area contributed by atoms with Crippen LogP contribution in [0.2, 0.25) is 0 Å². The van der Waals surface area contributed by atoms with Crippen LogP contribution in [0.15, 0.2) is 6.20 Å². The lowest BCUT2D eigenvalue weighted by molar-refractivity contribution is -0.148. The van der Waals surface area contributed by atoms with E-state index in [-0.39, 0.29) is 12.0 Å². The smallest absolute Gasteiger partial charge is 0.323 e. The van der Waals surface area contributed by atoms with Crippen molar-refractivity contribution in [2.45, 2.75) is 38.8 Å². The van der Waals surface area contributed by atoms with Crippen LogP contribution in [0.3, 0.4) is 0 Å². The van der Waals surface area contributed by atoms with E-state index in [0.717, 1.165) is 38.0 Å². The molecule has 5 heteroatoms. The van der Waals surface area contributed by atoms with Crippen molar-refractivity contribution in [3.63, 3.8) is 0 Å². The third-order valence-corrected chi connectivity index (χ3v) is 3.80. The number of methoxy groups -OCH3 is 1. The molecule has 0 saturated carbocycles. The number of nitrogens with zero attached hydrogens (tertiary/aromatic N) is 3. The summed E-state index contributed by atoms with van der Waals surface area (Å²) < 4.78 is 6.76. The lowest BCUT2D eigenvalue weighted by atomic mass is 10.0. The van der Waals surface area contributed by atoms with Gasteiger partial charge in [-0.25, -0.2) is 0 Å². The number of hydrogen-bond donors (Lipinski definition) is 0. The fourth-order valence-corrected chi connectivity index (χ4v) is 2.50. The lowest BCUT2D eigenvalue weighted by Crippen LogP contribution is -2.44. The third-order valence-electron chi connectivity index (χ3n) is 3.80. The summed E-state index contributed by atoms with van der Waals surface area (Å²) in [5.41, 5.74) is 2.34. The molecule has 0 radical (unpaired) electrons. The fraction of sp³-hybridized carbons (Fsp3) is 0.692. The maximum absolute atomic E-state index is 11.8. The molecular formula is C13H21N3O2. The zero-order chi connectivity index (χ0) is 13.1. The van der Waals surface area contributed by atoms with Crippen molar-refractivity contribution in [1.82, 2.24) is 14.7 Å². The van der Waals surface area contributed by atoms with Crippen molar-refractivity contribution in [1.29, 1.82) is 0 Å². The van der Waals surface area contributed by atoms with Gasteiger partial charge in [-0.1, -0.05) is 6.42 Å². The number of hydrogen-bond acceptors (Lipinski definition) is 4. The molecule has 1 atom stereocenters. The van der Waals surface area contributed by atoms with E-state index in [4.69, 9.17) is 4.74 Å². The molecule has 2 heterocycles. The van der Waals surface area contributed by atoms with Crippen LogP contribution in [-0.4, -0.2) is 40.3 Å². The Labute approximate surface area is 108 Å². The van der Waals surface area contributed by atoms with Gasteiger partial charge in [0.2, 0.25) is 0 Å². The average molecular weight is 251 g/mol. The number of carbonyl (C=O) groups is 1. The third kappa shape index (κ3) is 2.56. The Kier molecular flexibility index (Phi) is 4.01. The molecule has 100 valence electrons. The van der Waals surface area contributed by atoms with Gasteiger partial charge < -0.3 is 4.74 Å². The Morgan fingerprint density at radius 3 is 2.94 bits per heavy atom.